The van der Waals surface area contributed by atoms with E-state index in [0.29, 0.717) is 16.7 Å². The van der Waals surface area contributed by atoms with Gasteiger partial charge in [-0.15, -0.1) is 0 Å². The number of ketones is 1. The predicted molar refractivity (Wildman–Crippen MR) is 103 cm³/mol. The van der Waals surface area contributed by atoms with E-state index < -0.39 is 5.97 Å². The third-order valence-electron chi connectivity index (χ3n) is 3.80. The SMILES string of the molecule is CCOC(=O)COc1ccc(C(=O)c2cc(C)c(O)c(CN)c2)c(Cl)c1Cl. The summed E-state index contributed by atoms with van der Waals surface area (Å²) in [4.78, 5) is 24.2. The van der Waals surface area contributed by atoms with Gasteiger partial charge in [0.05, 0.1) is 11.6 Å². The van der Waals surface area contributed by atoms with Crippen LogP contribution in [0.2, 0.25) is 10.0 Å². The number of aromatic hydroxyl groups is 1. The first-order valence-corrected chi connectivity index (χ1v) is 8.89. The van der Waals surface area contributed by atoms with Gasteiger partial charge in [0.15, 0.2) is 12.4 Å². The number of esters is 1. The lowest BCUT2D eigenvalue weighted by molar-refractivity contribution is -0.145. The Labute approximate surface area is 166 Å². The minimum atomic E-state index is -0.543. The number of nitrogens with two attached hydrogens (primary N) is 1. The van der Waals surface area contributed by atoms with Crippen LogP contribution < -0.4 is 10.5 Å². The molecule has 0 aliphatic carbocycles. The quantitative estimate of drug-likeness (QED) is 0.532. The lowest BCUT2D eigenvalue weighted by Crippen LogP contribution is -2.15. The molecular formula is C19H19Cl2NO5. The Bertz CT molecular complexity index is 883. The zero-order valence-electron chi connectivity index (χ0n) is 14.8. The Morgan fingerprint density at radius 1 is 1.19 bits per heavy atom. The molecule has 2 aromatic carbocycles. The van der Waals surface area contributed by atoms with Gasteiger partial charge >= 0.3 is 5.97 Å². The summed E-state index contributed by atoms with van der Waals surface area (Å²) >= 11 is 12.4. The van der Waals surface area contributed by atoms with Crippen molar-refractivity contribution in [3.63, 3.8) is 0 Å². The highest BCUT2D eigenvalue weighted by molar-refractivity contribution is 6.45. The van der Waals surface area contributed by atoms with Gasteiger partial charge in [-0.1, -0.05) is 23.2 Å². The zero-order chi connectivity index (χ0) is 20.1. The molecule has 0 saturated heterocycles. The van der Waals surface area contributed by atoms with Crippen LogP contribution in [0.3, 0.4) is 0 Å². The highest BCUT2D eigenvalue weighted by Gasteiger charge is 2.20. The number of hydrogen-bond acceptors (Lipinski definition) is 6. The Kier molecular flexibility index (Phi) is 7.07. The van der Waals surface area contributed by atoms with Crippen molar-refractivity contribution >= 4 is 35.0 Å². The normalized spacial score (nSPS) is 10.6. The molecule has 2 aromatic rings. The molecule has 144 valence electrons. The van der Waals surface area contributed by atoms with Gasteiger partial charge in [0.2, 0.25) is 0 Å². The first-order chi connectivity index (χ1) is 12.8. The van der Waals surface area contributed by atoms with Gasteiger partial charge in [-0.2, -0.15) is 0 Å². The molecule has 0 aliphatic heterocycles. The van der Waals surface area contributed by atoms with E-state index in [1.807, 2.05) is 0 Å². The molecule has 0 aromatic heterocycles. The molecular weight excluding hydrogens is 393 g/mol. The van der Waals surface area contributed by atoms with E-state index in [9.17, 15) is 14.7 Å². The number of aryl methyl sites for hydroxylation is 1. The highest BCUT2D eigenvalue weighted by atomic mass is 35.5. The fourth-order valence-electron chi connectivity index (χ4n) is 2.45. The summed E-state index contributed by atoms with van der Waals surface area (Å²) in [6.07, 6.45) is 0. The summed E-state index contributed by atoms with van der Waals surface area (Å²) in [6, 6.07) is 5.98. The summed E-state index contributed by atoms with van der Waals surface area (Å²) in [5.74, 6) is -0.702. The van der Waals surface area contributed by atoms with Crippen molar-refractivity contribution in [2.45, 2.75) is 20.4 Å². The van der Waals surface area contributed by atoms with Gasteiger partial charge in [0.25, 0.3) is 0 Å². The molecule has 0 radical (unpaired) electrons. The third-order valence-corrected chi connectivity index (χ3v) is 4.67. The molecule has 27 heavy (non-hydrogen) atoms. The second kappa shape index (κ2) is 9.08. The van der Waals surface area contributed by atoms with Crippen molar-refractivity contribution < 1.29 is 24.2 Å². The van der Waals surface area contributed by atoms with E-state index in [1.54, 1.807) is 19.9 Å². The van der Waals surface area contributed by atoms with E-state index in [1.165, 1.54) is 18.2 Å². The van der Waals surface area contributed by atoms with Gasteiger partial charge in [0, 0.05) is 23.2 Å². The van der Waals surface area contributed by atoms with E-state index in [-0.39, 0.29) is 52.6 Å². The minimum absolute atomic E-state index is 0.00283. The van der Waals surface area contributed by atoms with Gasteiger partial charge in [-0.3, -0.25) is 4.79 Å². The zero-order valence-corrected chi connectivity index (χ0v) is 16.4. The molecule has 3 N–H and O–H groups in total. The standard InChI is InChI=1S/C19H19Cl2NO5/c1-3-26-15(23)9-27-14-5-4-13(16(20)17(14)21)19(25)11-6-10(2)18(24)12(7-11)8-22/h4-7,24H,3,8-9,22H2,1-2H3. The van der Waals surface area contributed by atoms with Crippen LogP contribution in [0.5, 0.6) is 11.5 Å². The number of halogens is 2. The van der Waals surface area contributed by atoms with Crippen LogP contribution >= 0.6 is 23.2 Å². The van der Waals surface area contributed by atoms with Crippen molar-refractivity contribution in [1.82, 2.24) is 0 Å². The summed E-state index contributed by atoms with van der Waals surface area (Å²) in [5, 5.41) is 9.98. The molecule has 0 unspecified atom stereocenters. The van der Waals surface area contributed by atoms with E-state index >= 15 is 0 Å². The van der Waals surface area contributed by atoms with Crippen LogP contribution in [0.1, 0.15) is 34.0 Å². The molecule has 0 fully saturated rings. The van der Waals surface area contributed by atoms with E-state index in [0.717, 1.165) is 0 Å². The van der Waals surface area contributed by atoms with Crippen LogP contribution in [0.15, 0.2) is 24.3 Å². The maximum Gasteiger partial charge on any atom is 0.344 e. The molecule has 0 bridgehead atoms. The maximum absolute atomic E-state index is 12.8. The average molecular weight is 412 g/mol. The lowest BCUT2D eigenvalue weighted by Gasteiger charge is -2.13. The molecule has 0 aliphatic rings. The van der Waals surface area contributed by atoms with Crippen molar-refractivity contribution in [3.05, 3.63) is 56.6 Å². The second-order valence-corrected chi connectivity index (χ2v) is 6.42. The van der Waals surface area contributed by atoms with Gasteiger partial charge in [-0.25, -0.2) is 4.79 Å². The topological polar surface area (TPSA) is 98.8 Å². The number of phenols is 1. The summed E-state index contributed by atoms with van der Waals surface area (Å²) in [5.41, 5.74) is 7.08. The fourth-order valence-corrected chi connectivity index (χ4v) is 2.91. The molecule has 0 heterocycles. The lowest BCUT2D eigenvalue weighted by atomic mass is 9.98. The first-order valence-electron chi connectivity index (χ1n) is 8.13. The number of ether oxygens (including phenoxy) is 2. The minimum Gasteiger partial charge on any atom is -0.507 e. The Morgan fingerprint density at radius 2 is 1.89 bits per heavy atom. The van der Waals surface area contributed by atoms with Crippen molar-refractivity contribution in [2.24, 2.45) is 5.73 Å². The molecule has 0 amide bonds. The molecule has 2 rings (SSSR count). The number of hydrogen-bond donors (Lipinski definition) is 2. The number of rotatable bonds is 7. The largest absolute Gasteiger partial charge is 0.507 e. The number of benzene rings is 2. The second-order valence-electron chi connectivity index (χ2n) is 5.67. The van der Waals surface area contributed by atoms with Gasteiger partial charge in [-0.05, 0) is 43.7 Å². The number of phenolic OH excluding ortho intramolecular Hbond substituents is 1. The van der Waals surface area contributed by atoms with Crippen LogP contribution in [-0.2, 0) is 16.1 Å². The highest BCUT2D eigenvalue weighted by Crippen LogP contribution is 2.36. The Hall–Kier alpha value is -2.28. The van der Waals surface area contributed by atoms with Gasteiger partial charge < -0.3 is 20.3 Å². The van der Waals surface area contributed by atoms with Crippen LogP contribution in [0.4, 0.5) is 0 Å². The van der Waals surface area contributed by atoms with Crippen LogP contribution in [0, 0.1) is 6.92 Å². The van der Waals surface area contributed by atoms with Crippen molar-refractivity contribution in [2.75, 3.05) is 13.2 Å². The predicted octanol–water partition coefficient (Wildman–Crippen LogP) is 3.64. The number of carbonyl (C=O) groups excluding carboxylic acids is 2. The molecule has 0 spiro atoms. The molecule has 0 atom stereocenters. The monoisotopic (exact) mass is 411 g/mol. The number of carbonyl (C=O) groups is 2. The first kappa shape index (κ1) is 21.0. The Morgan fingerprint density at radius 3 is 2.52 bits per heavy atom. The van der Waals surface area contributed by atoms with Gasteiger partial charge in [0.1, 0.15) is 16.5 Å². The van der Waals surface area contributed by atoms with Crippen LogP contribution in [0.25, 0.3) is 0 Å². The fraction of sp³-hybridized carbons (Fsp3) is 0.263. The Balaban J connectivity index is 2.32. The van der Waals surface area contributed by atoms with Crippen molar-refractivity contribution in [1.29, 1.82) is 0 Å². The summed E-state index contributed by atoms with van der Waals surface area (Å²) in [6.45, 7) is 3.35. The van der Waals surface area contributed by atoms with Crippen molar-refractivity contribution in [3.8, 4) is 11.5 Å². The average Bonchev–Trinajstić information content (AvgIpc) is 2.64. The third kappa shape index (κ3) is 4.71. The van der Waals surface area contributed by atoms with E-state index in [2.05, 4.69) is 0 Å². The smallest absolute Gasteiger partial charge is 0.344 e. The van der Waals surface area contributed by atoms with E-state index in [4.69, 9.17) is 38.4 Å². The molecule has 0 saturated carbocycles. The summed E-state index contributed by atoms with van der Waals surface area (Å²) < 4.78 is 10.1. The summed E-state index contributed by atoms with van der Waals surface area (Å²) in [7, 11) is 0. The van der Waals surface area contributed by atoms with Crippen LogP contribution in [-0.4, -0.2) is 30.1 Å². The molecule has 8 heteroatoms. The maximum atomic E-state index is 12.8. The molecule has 6 nitrogen and oxygen atoms in total.